The highest BCUT2D eigenvalue weighted by molar-refractivity contribution is 7.89. The smallest absolute Gasteiger partial charge is 0.258 e. The van der Waals surface area contributed by atoms with Crippen LogP contribution in [0.5, 0.6) is 0 Å². The van der Waals surface area contributed by atoms with Crippen LogP contribution in [0.1, 0.15) is 35.2 Å². The summed E-state index contributed by atoms with van der Waals surface area (Å²) in [5.74, 6) is -1.39. The van der Waals surface area contributed by atoms with Crippen molar-refractivity contribution < 1.29 is 17.6 Å². The lowest BCUT2D eigenvalue weighted by Crippen LogP contribution is -2.35. The molecule has 1 aliphatic rings. The highest BCUT2D eigenvalue weighted by atomic mass is 35.5. The number of halogens is 2. The van der Waals surface area contributed by atoms with Gasteiger partial charge in [-0.2, -0.15) is 4.31 Å². The molecule has 0 atom stereocenters. The van der Waals surface area contributed by atoms with Gasteiger partial charge < -0.3 is 5.32 Å². The third-order valence-electron chi connectivity index (χ3n) is 4.58. The Morgan fingerprint density at radius 3 is 2.52 bits per heavy atom. The Bertz CT molecular complexity index is 973. The first-order valence-electron chi connectivity index (χ1n) is 8.66. The summed E-state index contributed by atoms with van der Waals surface area (Å²) >= 11 is 5.83. The molecule has 1 heterocycles. The number of sulfonamides is 1. The van der Waals surface area contributed by atoms with Crippen molar-refractivity contribution in [1.29, 1.82) is 0 Å². The molecule has 0 aromatic heterocycles. The van der Waals surface area contributed by atoms with Gasteiger partial charge in [0.1, 0.15) is 5.82 Å². The van der Waals surface area contributed by atoms with Crippen LogP contribution in [0.2, 0.25) is 5.02 Å². The maximum atomic E-state index is 13.9. The number of benzene rings is 2. The van der Waals surface area contributed by atoms with Crippen molar-refractivity contribution in [2.45, 2.75) is 31.1 Å². The number of nitrogens with zero attached hydrogens (tertiary/aromatic N) is 1. The van der Waals surface area contributed by atoms with Crippen LogP contribution >= 0.6 is 11.6 Å². The SMILES string of the molecule is Cc1ccc(S(=O)(=O)N2CCCCC2)cc1NC(=O)c1cc(Cl)ccc1F. The van der Waals surface area contributed by atoms with Gasteiger partial charge in [-0.05, 0) is 55.7 Å². The van der Waals surface area contributed by atoms with Crippen molar-refractivity contribution >= 4 is 33.2 Å². The van der Waals surface area contributed by atoms with Gasteiger partial charge in [-0.3, -0.25) is 4.79 Å². The van der Waals surface area contributed by atoms with E-state index < -0.39 is 21.7 Å². The van der Waals surface area contributed by atoms with E-state index in [4.69, 9.17) is 11.6 Å². The van der Waals surface area contributed by atoms with E-state index in [1.807, 2.05) is 0 Å². The molecule has 1 saturated heterocycles. The largest absolute Gasteiger partial charge is 0.322 e. The van der Waals surface area contributed by atoms with Crippen LogP contribution in [0.3, 0.4) is 0 Å². The van der Waals surface area contributed by atoms with Gasteiger partial charge in [0, 0.05) is 23.8 Å². The van der Waals surface area contributed by atoms with Gasteiger partial charge in [0.2, 0.25) is 10.0 Å². The molecule has 5 nitrogen and oxygen atoms in total. The topological polar surface area (TPSA) is 66.5 Å². The molecular formula is C19H20ClFN2O3S. The Morgan fingerprint density at radius 2 is 1.81 bits per heavy atom. The minimum atomic E-state index is -3.63. The van der Waals surface area contributed by atoms with E-state index in [2.05, 4.69) is 5.32 Å². The zero-order chi connectivity index (χ0) is 19.6. The fraction of sp³-hybridized carbons (Fsp3) is 0.316. The van der Waals surface area contributed by atoms with Gasteiger partial charge in [-0.15, -0.1) is 0 Å². The molecule has 0 aliphatic carbocycles. The number of hydrogen-bond donors (Lipinski definition) is 1. The van der Waals surface area contributed by atoms with Crippen LogP contribution in [-0.2, 0) is 10.0 Å². The second-order valence-electron chi connectivity index (χ2n) is 6.52. The van der Waals surface area contributed by atoms with Crippen molar-refractivity contribution in [2.75, 3.05) is 18.4 Å². The van der Waals surface area contributed by atoms with Crippen LogP contribution < -0.4 is 5.32 Å². The Morgan fingerprint density at radius 1 is 1.11 bits per heavy atom. The molecule has 0 bridgehead atoms. The molecular weight excluding hydrogens is 391 g/mol. The lowest BCUT2D eigenvalue weighted by molar-refractivity contribution is 0.102. The van der Waals surface area contributed by atoms with Crippen LogP contribution in [0.4, 0.5) is 10.1 Å². The van der Waals surface area contributed by atoms with E-state index in [-0.39, 0.29) is 15.5 Å². The minimum Gasteiger partial charge on any atom is -0.322 e. The third-order valence-corrected chi connectivity index (χ3v) is 6.71. The Balaban J connectivity index is 1.89. The summed E-state index contributed by atoms with van der Waals surface area (Å²) in [6.07, 6.45) is 2.69. The molecule has 1 amide bonds. The quantitative estimate of drug-likeness (QED) is 0.820. The molecule has 0 saturated carbocycles. The maximum absolute atomic E-state index is 13.9. The highest BCUT2D eigenvalue weighted by Crippen LogP contribution is 2.26. The predicted octanol–water partition coefficient (Wildman–Crippen LogP) is 4.21. The Labute approximate surface area is 163 Å². The average molecular weight is 411 g/mol. The zero-order valence-corrected chi connectivity index (χ0v) is 16.4. The standard InChI is InChI=1S/C19H20ClFN2O3S/c1-13-5-7-15(27(25,26)23-9-3-2-4-10-23)12-18(13)22-19(24)16-11-14(20)6-8-17(16)21/h5-8,11-12H,2-4,9-10H2,1H3,(H,22,24). The highest BCUT2D eigenvalue weighted by Gasteiger charge is 2.26. The lowest BCUT2D eigenvalue weighted by Gasteiger charge is -2.26. The van der Waals surface area contributed by atoms with Crippen molar-refractivity contribution in [3.05, 3.63) is 58.4 Å². The summed E-state index contributed by atoms with van der Waals surface area (Å²) in [4.78, 5) is 12.5. The van der Waals surface area contributed by atoms with Crippen molar-refractivity contribution in [1.82, 2.24) is 4.31 Å². The van der Waals surface area contributed by atoms with E-state index in [0.717, 1.165) is 25.3 Å². The second-order valence-corrected chi connectivity index (χ2v) is 8.89. The number of nitrogens with one attached hydrogen (secondary N) is 1. The molecule has 0 unspecified atom stereocenters. The summed E-state index contributed by atoms with van der Waals surface area (Å²) in [6, 6.07) is 8.26. The van der Waals surface area contributed by atoms with Crippen LogP contribution in [0.25, 0.3) is 0 Å². The van der Waals surface area contributed by atoms with E-state index in [1.54, 1.807) is 13.0 Å². The van der Waals surface area contributed by atoms with Crippen LogP contribution in [0.15, 0.2) is 41.3 Å². The molecule has 1 N–H and O–H groups in total. The predicted molar refractivity (Wildman–Crippen MR) is 103 cm³/mol. The second kappa shape index (κ2) is 7.96. The average Bonchev–Trinajstić information content (AvgIpc) is 2.66. The molecule has 3 rings (SSSR count). The molecule has 1 aliphatic heterocycles. The van der Waals surface area contributed by atoms with E-state index in [9.17, 15) is 17.6 Å². The first-order valence-corrected chi connectivity index (χ1v) is 10.5. The first-order chi connectivity index (χ1) is 12.8. The van der Waals surface area contributed by atoms with Crippen molar-refractivity contribution in [3.63, 3.8) is 0 Å². The van der Waals surface area contributed by atoms with Gasteiger partial charge in [-0.1, -0.05) is 24.1 Å². The third kappa shape index (κ3) is 4.31. The fourth-order valence-corrected chi connectivity index (χ4v) is 4.73. The van der Waals surface area contributed by atoms with E-state index >= 15 is 0 Å². The summed E-state index contributed by atoms with van der Waals surface area (Å²) in [7, 11) is -3.63. The number of piperidine rings is 1. The summed E-state index contributed by atoms with van der Waals surface area (Å²) in [5.41, 5.74) is 0.784. The Kier molecular flexibility index (Phi) is 5.83. The van der Waals surface area contributed by atoms with Crippen molar-refractivity contribution in [3.8, 4) is 0 Å². The van der Waals surface area contributed by atoms with Crippen LogP contribution in [0, 0.1) is 12.7 Å². The summed E-state index contributed by atoms with van der Waals surface area (Å²) in [6.45, 7) is 2.72. The minimum absolute atomic E-state index is 0.108. The number of amides is 1. The molecule has 8 heteroatoms. The number of carbonyl (C=O) groups is 1. The number of aryl methyl sites for hydroxylation is 1. The number of anilines is 1. The normalized spacial score (nSPS) is 15.5. The van der Waals surface area contributed by atoms with Gasteiger partial charge in [0.05, 0.1) is 10.5 Å². The molecule has 144 valence electrons. The summed E-state index contributed by atoms with van der Waals surface area (Å²) in [5, 5.41) is 2.83. The van der Waals surface area contributed by atoms with Crippen molar-refractivity contribution in [2.24, 2.45) is 0 Å². The molecule has 1 fully saturated rings. The molecule has 2 aromatic carbocycles. The lowest BCUT2D eigenvalue weighted by atomic mass is 10.1. The molecule has 2 aromatic rings. The molecule has 0 radical (unpaired) electrons. The molecule has 27 heavy (non-hydrogen) atoms. The fourth-order valence-electron chi connectivity index (χ4n) is 3.01. The van der Waals surface area contributed by atoms with E-state index in [0.29, 0.717) is 24.3 Å². The first kappa shape index (κ1) is 19.8. The van der Waals surface area contributed by atoms with Gasteiger partial charge >= 0.3 is 0 Å². The maximum Gasteiger partial charge on any atom is 0.258 e. The monoisotopic (exact) mass is 410 g/mol. The number of rotatable bonds is 4. The number of hydrogen-bond acceptors (Lipinski definition) is 3. The Hall–Kier alpha value is -1.96. The zero-order valence-electron chi connectivity index (χ0n) is 14.8. The van der Waals surface area contributed by atoms with E-state index in [1.165, 1.54) is 28.6 Å². The molecule has 0 spiro atoms. The van der Waals surface area contributed by atoms with Crippen LogP contribution in [-0.4, -0.2) is 31.7 Å². The summed E-state index contributed by atoms with van der Waals surface area (Å²) < 4.78 is 41.1. The number of carbonyl (C=O) groups excluding carboxylic acids is 1. The van der Waals surface area contributed by atoms with Gasteiger partial charge in [0.15, 0.2) is 0 Å². The van der Waals surface area contributed by atoms with Gasteiger partial charge in [-0.25, -0.2) is 12.8 Å². The van der Waals surface area contributed by atoms with Gasteiger partial charge in [0.25, 0.3) is 5.91 Å².